The third-order valence-corrected chi connectivity index (χ3v) is 4.92. The van der Waals surface area contributed by atoms with Crippen LogP contribution >= 0.6 is 15.9 Å². The molecule has 0 amide bonds. The highest BCUT2D eigenvalue weighted by Gasteiger charge is 2.22. The quantitative estimate of drug-likeness (QED) is 0.872. The lowest BCUT2D eigenvalue weighted by molar-refractivity contribution is 0.0106. The van der Waals surface area contributed by atoms with Crippen molar-refractivity contribution in [2.45, 2.75) is 57.8 Å². The molecule has 1 aliphatic carbocycles. The van der Waals surface area contributed by atoms with E-state index in [1.165, 1.54) is 24.0 Å². The lowest BCUT2D eigenvalue weighted by Gasteiger charge is -2.29. The van der Waals surface area contributed by atoms with Crippen molar-refractivity contribution in [2.75, 3.05) is 13.2 Å². The van der Waals surface area contributed by atoms with Gasteiger partial charge in [-0.05, 0) is 49.9 Å². The molecule has 0 atom stereocenters. The van der Waals surface area contributed by atoms with Crippen LogP contribution < -0.4 is 10.1 Å². The van der Waals surface area contributed by atoms with E-state index in [9.17, 15) is 0 Å². The predicted molar refractivity (Wildman–Crippen MR) is 87.9 cm³/mol. The van der Waals surface area contributed by atoms with E-state index in [0.717, 1.165) is 42.6 Å². The van der Waals surface area contributed by atoms with E-state index < -0.39 is 0 Å². The van der Waals surface area contributed by atoms with Gasteiger partial charge in [0.15, 0.2) is 0 Å². The number of benzene rings is 1. The number of fused-ring (bicyclic) bond motifs is 1. The molecule has 116 valence electrons. The first kappa shape index (κ1) is 15.3. The Morgan fingerprint density at radius 3 is 2.86 bits per heavy atom. The van der Waals surface area contributed by atoms with Crippen LogP contribution in [0.2, 0.25) is 0 Å². The van der Waals surface area contributed by atoms with E-state index in [1.54, 1.807) is 0 Å². The number of halogens is 1. The van der Waals surface area contributed by atoms with Crippen molar-refractivity contribution in [3.63, 3.8) is 0 Å². The first-order valence-electron chi connectivity index (χ1n) is 8.05. The standard InChI is InChI=1S/C17H24BrNO2/c1-2-19-15-3-5-16(6-4-15)21-11-13-10-14(18)9-12-7-8-20-17(12)13/h9-10,15-16,19H,2-8,11H2,1H3. The fourth-order valence-corrected chi connectivity index (χ4v) is 3.94. The second kappa shape index (κ2) is 7.12. The van der Waals surface area contributed by atoms with Crippen molar-refractivity contribution in [3.05, 3.63) is 27.7 Å². The van der Waals surface area contributed by atoms with Crippen molar-refractivity contribution in [1.29, 1.82) is 0 Å². The van der Waals surface area contributed by atoms with Gasteiger partial charge < -0.3 is 14.8 Å². The Labute approximate surface area is 135 Å². The summed E-state index contributed by atoms with van der Waals surface area (Å²) in [5, 5.41) is 3.54. The van der Waals surface area contributed by atoms with Gasteiger partial charge in [0, 0.05) is 22.5 Å². The molecule has 21 heavy (non-hydrogen) atoms. The summed E-state index contributed by atoms with van der Waals surface area (Å²) in [7, 11) is 0. The highest BCUT2D eigenvalue weighted by Crippen LogP contribution is 2.34. The topological polar surface area (TPSA) is 30.5 Å². The average molecular weight is 354 g/mol. The summed E-state index contributed by atoms with van der Waals surface area (Å²) in [6.07, 6.45) is 6.19. The maximum atomic E-state index is 6.15. The molecular weight excluding hydrogens is 330 g/mol. The van der Waals surface area contributed by atoms with E-state index in [1.807, 2.05) is 0 Å². The Morgan fingerprint density at radius 2 is 2.10 bits per heavy atom. The number of nitrogens with one attached hydrogen (secondary N) is 1. The molecule has 1 saturated carbocycles. The molecule has 1 aromatic rings. The summed E-state index contributed by atoms with van der Waals surface area (Å²) >= 11 is 3.59. The van der Waals surface area contributed by atoms with Crippen LogP contribution in [0.3, 0.4) is 0 Å². The van der Waals surface area contributed by atoms with Crippen molar-refractivity contribution in [1.82, 2.24) is 5.32 Å². The fraction of sp³-hybridized carbons (Fsp3) is 0.647. The van der Waals surface area contributed by atoms with Gasteiger partial charge in [0.2, 0.25) is 0 Å². The van der Waals surface area contributed by atoms with E-state index in [4.69, 9.17) is 9.47 Å². The second-order valence-corrected chi connectivity index (χ2v) is 6.91. The molecule has 1 fully saturated rings. The van der Waals surface area contributed by atoms with Gasteiger partial charge in [-0.25, -0.2) is 0 Å². The van der Waals surface area contributed by atoms with Gasteiger partial charge in [-0.1, -0.05) is 22.9 Å². The molecule has 0 saturated heterocycles. The largest absolute Gasteiger partial charge is 0.493 e. The smallest absolute Gasteiger partial charge is 0.128 e. The minimum atomic E-state index is 0.399. The average Bonchev–Trinajstić information content (AvgIpc) is 2.94. The maximum absolute atomic E-state index is 6.15. The summed E-state index contributed by atoms with van der Waals surface area (Å²) in [6.45, 7) is 4.71. The zero-order valence-electron chi connectivity index (χ0n) is 12.7. The van der Waals surface area contributed by atoms with Gasteiger partial charge in [-0.3, -0.25) is 0 Å². The molecule has 0 bridgehead atoms. The molecule has 0 spiro atoms. The van der Waals surface area contributed by atoms with Gasteiger partial charge in [-0.2, -0.15) is 0 Å². The van der Waals surface area contributed by atoms with Crippen LogP contribution in [-0.4, -0.2) is 25.3 Å². The molecule has 1 aliphatic heterocycles. The third-order valence-electron chi connectivity index (χ3n) is 4.47. The van der Waals surface area contributed by atoms with E-state index in [-0.39, 0.29) is 0 Å². The van der Waals surface area contributed by atoms with Crippen molar-refractivity contribution in [2.24, 2.45) is 0 Å². The number of ether oxygens (including phenoxy) is 2. The molecule has 1 heterocycles. The minimum absolute atomic E-state index is 0.399. The summed E-state index contributed by atoms with van der Waals surface area (Å²) < 4.78 is 13.0. The number of hydrogen-bond acceptors (Lipinski definition) is 3. The van der Waals surface area contributed by atoms with Crippen molar-refractivity contribution in [3.8, 4) is 5.75 Å². The summed E-state index contributed by atoms with van der Waals surface area (Å²) in [5.41, 5.74) is 2.49. The van der Waals surface area contributed by atoms with Crippen LogP contribution in [0.4, 0.5) is 0 Å². The molecular formula is C17H24BrNO2. The molecule has 0 radical (unpaired) electrons. The van der Waals surface area contributed by atoms with Gasteiger partial charge in [0.25, 0.3) is 0 Å². The molecule has 0 unspecified atom stereocenters. The van der Waals surface area contributed by atoms with Crippen LogP contribution in [-0.2, 0) is 17.8 Å². The highest BCUT2D eigenvalue weighted by atomic mass is 79.9. The fourth-order valence-electron chi connectivity index (χ4n) is 3.38. The van der Waals surface area contributed by atoms with E-state index >= 15 is 0 Å². The van der Waals surface area contributed by atoms with E-state index in [2.05, 4.69) is 40.3 Å². The van der Waals surface area contributed by atoms with Gasteiger partial charge in [0.05, 0.1) is 19.3 Å². The lowest BCUT2D eigenvalue weighted by Crippen LogP contribution is -2.35. The van der Waals surface area contributed by atoms with Crippen LogP contribution in [0.5, 0.6) is 5.75 Å². The Hall–Kier alpha value is -0.580. The SMILES string of the molecule is CCNC1CCC(OCc2cc(Br)cc3c2OCC3)CC1. The molecule has 4 heteroatoms. The molecule has 0 aromatic heterocycles. The van der Waals surface area contributed by atoms with E-state index in [0.29, 0.717) is 18.8 Å². The third kappa shape index (κ3) is 3.79. The predicted octanol–water partition coefficient (Wildman–Crippen LogP) is 3.82. The maximum Gasteiger partial charge on any atom is 0.128 e. The Morgan fingerprint density at radius 1 is 1.29 bits per heavy atom. The number of hydrogen-bond donors (Lipinski definition) is 1. The number of rotatable bonds is 5. The monoisotopic (exact) mass is 353 g/mol. The first-order chi connectivity index (χ1) is 10.3. The Balaban J connectivity index is 1.54. The van der Waals surface area contributed by atoms with Gasteiger partial charge >= 0.3 is 0 Å². The van der Waals surface area contributed by atoms with Crippen molar-refractivity contribution < 1.29 is 9.47 Å². The summed E-state index contributed by atoms with van der Waals surface area (Å²) in [4.78, 5) is 0. The first-order valence-corrected chi connectivity index (χ1v) is 8.84. The lowest BCUT2D eigenvalue weighted by atomic mass is 9.93. The second-order valence-electron chi connectivity index (χ2n) is 5.99. The van der Waals surface area contributed by atoms with Crippen LogP contribution in [0.15, 0.2) is 16.6 Å². The molecule has 1 N–H and O–H groups in total. The van der Waals surface area contributed by atoms with Gasteiger partial charge in [-0.15, -0.1) is 0 Å². The minimum Gasteiger partial charge on any atom is -0.493 e. The normalized spacial score (nSPS) is 24.7. The molecule has 3 nitrogen and oxygen atoms in total. The Bertz CT molecular complexity index is 484. The van der Waals surface area contributed by atoms with Crippen LogP contribution in [0.25, 0.3) is 0 Å². The summed E-state index contributed by atoms with van der Waals surface area (Å²) in [5.74, 6) is 1.06. The highest BCUT2D eigenvalue weighted by molar-refractivity contribution is 9.10. The van der Waals surface area contributed by atoms with Gasteiger partial charge in [0.1, 0.15) is 5.75 Å². The van der Waals surface area contributed by atoms with Crippen LogP contribution in [0, 0.1) is 0 Å². The molecule has 1 aromatic carbocycles. The zero-order chi connectivity index (χ0) is 14.7. The summed E-state index contributed by atoms with van der Waals surface area (Å²) in [6, 6.07) is 4.98. The molecule has 3 rings (SSSR count). The van der Waals surface area contributed by atoms with Crippen molar-refractivity contribution >= 4 is 15.9 Å². The Kier molecular flexibility index (Phi) is 5.19. The zero-order valence-corrected chi connectivity index (χ0v) is 14.2. The van der Waals surface area contributed by atoms with Crippen LogP contribution in [0.1, 0.15) is 43.7 Å². The molecule has 2 aliphatic rings.